The fraction of sp³-hybridized carbons (Fsp3) is 0.273. The Morgan fingerprint density at radius 1 is 1.15 bits per heavy atom. The standard InChI is InChI=1S/C20H23N5O2.C2HF3O2/c1-14-8-9-15(19-13-25(24-23-19)12-17(26)11-21-2)10-18(14)20(27)22-16-6-4-3-5-7-16;3-2(4,5)1(6)7/h3-10,13,17,21,26H,11-12H2,1-2H3,(H,22,27);(H,6,7). The lowest BCUT2D eigenvalue weighted by Crippen LogP contribution is -2.28. The summed E-state index contributed by atoms with van der Waals surface area (Å²) in [6, 6.07) is 15.0. The van der Waals surface area contributed by atoms with Crippen LogP contribution in [0.4, 0.5) is 18.9 Å². The van der Waals surface area contributed by atoms with Crippen LogP contribution in [0.2, 0.25) is 0 Å². The fourth-order valence-electron chi connectivity index (χ4n) is 2.78. The van der Waals surface area contributed by atoms with Gasteiger partial charge in [-0.3, -0.25) is 4.79 Å². The number of nitrogens with zero attached hydrogens (tertiary/aromatic N) is 3. The first-order valence-corrected chi connectivity index (χ1v) is 10.0. The number of amides is 1. The molecule has 9 nitrogen and oxygen atoms in total. The molecule has 0 fully saturated rings. The van der Waals surface area contributed by atoms with Crippen LogP contribution in [0.3, 0.4) is 0 Å². The summed E-state index contributed by atoms with van der Waals surface area (Å²) >= 11 is 0. The number of para-hydroxylation sites is 1. The van der Waals surface area contributed by atoms with E-state index < -0.39 is 18.2 Å². The van der Waals surface area contributed by atoms with Gasteiger partial charge in [0.05, 0.1) is 18.8 Å². The molecule has 1 amide bonds. The number of rotatable bonds is 7. The number of anilines is 1. The number of halogens is 3. The maximum Gasteiger partial charge on any atom is 0.490 e. The maximum atomic E-state index is 12.6. The molecule has 0 aliphatic carbocycles. The first-order chi connectivity index (χ1) is 16.0. The van der Waals surface area contributed by atoms with Crippen LogP contribution in [0.25, 0.3) is 11.3 Å². The number of carboxylic acids is 1. The van der Waals surface area contributed by atoms with E-state index >= 15 is 0 Å². The molecule has 0 bridgehead atoms. The second-order valence-corrected chi connectivity index (χ2v) is 7.19. The van der Waals surface area contributed by atoms with Crippen LogP contribution in [-0.4, -0.2) is 63.0 Å². The first kappa shape index (κ1) is 26.5. The number of nitrogens with one attached hydrogen (secondary N) is 2. The van der Waals surface area contributed by atoms with E-state index in [0.29, 0.717) is 24.3 Å². The normalized spacial score (nSPS) is 11.8. The van der Waals surface area contributed by atoms with Crippen molar-refractivity contribution in [2.45, 2.75) is 25.7 Å². The van der Waals surface area contributed by atoms with Gasteiger partial charge in [0.1, 0.15) is 5.69 Å². The molecule has 4 N–H and O–H groups in total. The molecule has 34 heavy (non-hydrogen) atoms. The Labute approximate surface area is 193 Å². The number of carbonyl (C=O) groups is 2. The zero-order valence-electron chi connectivity index (χ0n) is 18.4. The zero-order chi connectivity index (χ0) is 25.3. The molecule has 3 rings (SSSR count). The minimum Gasteiger partial charge on any atom is -0.475 e. The van der Waals surface area contributed by atoms with E-state index in [-0.39, 0.29) is 5.91 Å². The van der Waals surface area contributed by atoms with Gasteiger partial charge in [-0.15, -0.1) is 5.10 Å². The van der Waals surface area contributed by atoms with Crippen molar-refractivity contribution >= 4 is 17.6 Å². The summed E-state index contributed by atoms with van der Waals surface area (Å²) in [7, 11) is 1.78. The largest absolute Gasteiger partial charge is 0.490 e. The highest BCUT2D eigenvalue weighted by atomic mass is 19.4. The Kier molecular flexibility index (Phi) is 9.27. The number of aryl methyl sites for hydroxylation is 1. The van der Waals surface area contributed by atoms with E-state index in [1.165, 1.54) is 0 Å². The van der Waals surface area contributed by atoms with Gasteiger partial charge in [0.15, 0.2) is 0 Å². The fourth-order valence-corrected chi connectivity index (χ4v) is 2.78. The van der Waals surface area contributed by atoms with E-state index in [2.05, 4.69) is 20.9 Å². The summed E-state index contributed by atoms with van der Waals surface area (Å²) in [5.41, 5.74) is 3.66. The van der Waals surface area contributed by atoms with Crippen molar-refractivity contribution < 1.29 is 33.0 Å². The van der Waals surface area contributed by atoms with Crippen LogP contribution < -0.4 is 10.6 Å². The predicted molar refractivity (Wildman–Crippen MR) is 118 cm³/mol. The number of likely N-dealkylation sites (N-methyl/N-ethyl adjacent to an activating group) is 1. The topological polar surface area (TPSA) is 129 Å². The van der Waals surface area contributed by atoms with Crippen molar-refractivity contribution in [2.75, 3.05) is 18.9 Å². The quantitative estimate of drug-likeness (QED) is 0.410. The number of hydrogen-bond acceptors (Lipinski definition) is 6. The number of aliphatic hydroxyl groups excluding tert-OH is 1. The molecule has 1 aromatic heterocycles. The third-order valence-electron chi connectivity index (χ3n) is 4.43. The summed E-state index contributed by atoms with van der Waals surface area (Å²) in [5.74, 6) is -2.93. The molecular weight excluding hydrogens is 455 g/mol. The third kappa shape index (κ3) is 7.98. The van der Waals surface area contributed by atoms with Crippen LogP contribution in [0.15, 0.2) is 54.7 Å². The molecule has 1 heterocycles. The average molecular weight is 479 g/mol. The molecule has 182 valence electrons. The van der Waals surface area contributed by atoms with Gasteiger partial charge in [0.25, 0.3) is 5.91 Å². The summed E-state index contributed by atoms with van der Waals surface area (Å²) in [4.78, 5) is 21.5. The number of alkyl halides is 3. The second-order valence-electron chi connectivity index (χ2n) is 7.19. The molecule has 0 radical (unpaired) electrons. The molecular formula is C22H24F3N5O4. The van der Waals surface area contributed by atoms with Crippen LogP contribution in [0.5, 0.6) is 0 Å². The Morgan fingerprint density at radius 3 is 2.38 bits per heavy atom. The van der Waals surface area contributed by atoms with Crippen LogP contribution in [0, 0.1) is 6.92 Å². The summed E-state index contributed by atoms with van der Waals surface area (Å²) < 4.78 is 33.3. The molecule has 0 aliphatic rings. The monoisotopic (exact) mass is 479 g/mol. The summed E-state index contributed by atoms with van der Waals surface area (Å²) in [6.07, 6.45) is -3.86. The van der Waals surface area contributed by atoms with Gasteiger partial charge < -0.3 is 20.8 Å². The van der Waals surface area contributed by atoms with Gasteiger partial charge in [-0.1, -0.05) is 35.5 Å². The highest BCUT2D eigenvalue weighted by Gasteiger charge is 2.38. The van der Waals surface area contributed by atoms with Gasteiger partial charge in [-0.2, -0.15) is 13.2 Å². The van der Waals surface area contributed by atoms with E-state index in [9.17, 15) is 23.1 Å². The highest BCUT2D eigenvalue weighted by molar-refractivity contribution is 6.05. The van der Waals surface area contributed by atoms with E-state index in [1.807, 2.05) is 55.5 Å². The van der Waals surface area contributed by atoms with Gasteiger partial charge in [0.2, 0.25) is 0 Å². The Bertz CT molecular complexity index is 1100. The van der Waals surface area contributed by atoms with Crippen molar-refractivity contribution in [3.05, 3.63) is 65.9 Å². The van der Waals surface area contributed by atoms with Crippen LogP contribution >= 0.6 is 0 Å². The van der Waals surface area contributed by atoms with Crippen molar-refractivity contribution in [2.24, 2.45) is 0 Å². The number of benzene rings is 2. The lowest BCUT2D eigenvalue weighted by Gasteiger charge is -2.09. The summed E-state index contributed by atoms with van der Waals surface area (Å²) in [6.45, 7) is 2.72. The molecule has 0 aliphatic heterocycles. The Balaban J connectivity index is 0.000000509. The third-order valence-corrected chi connectivity index (χ3v) is 4.43. The first-order valence-electron chi connectivity index (χ1n) is 10.0. The Hall–Kier alpha value is -3.77. The van der Waals surface area contributed by atoms with Gasteiger partial charge in [-0.05, 0) is 37.7 Å². The average Bonchev–Trinajstić information content (AvgIpc) is 3.23. The van der Waals surface area contributed by atoms with E-state index in [1.54, 1.807) is 17.9 Å². The molecule has 0 spiro atoms. The number of hydrogen-bond donors (Lipinski definition) is 4. The van der Waals surface area contributed by atoms with Crippen molar-refractivity contribution in [1.29, 1.82) is 0 Å². The lowest BCUT2D eigenvalue weighted by atomic mass is 10.0. The van der Waals surface area contributed by atoms with Crippen molar-refractivity contribution in [3.63, 3.8) is 0 Å². The number of carboxylic acid groups (broad SMARTS) is 1. The second kappa shape index (κ2) is 11.9. The van der Waals surface area contributed by atoms with Crippen molar-refractivity contribution in [3.8, 4) is 11.3 Å². The SMILES string of the molecule is CNCC(O)Cn1cc(-c2ccc(C)c(C(=O)Nc3ccccc3)c2)nn1.O=C(O)C(F)(F)F. The number of aliphatic carboxylic acids is 1. The lowest BCUT2D eigenvalue weighted by molar-refractivity contribution is -0.192. The maximum absolute atomic E-state index is 12.6. The number of carbonyl (C=O) groups excluding carboxylic acids is 1. The number of aromatic nitrogens is 3. The van der Waals surface area contributed by atoms with E-state index in [4.69, 9.17) is 9.90 Å². The van der Waals surface area contributed by atoms with Crippen molar-refractivity contribution in [1.82, 2.24) is 20.3 Å². The van der Waals surface area contributed by atoms with Crippen LogP contribution in [0.1, 0.15) is 15.9 Å². The Morgan fingerprint density at radius 2 is 1.79 bits per heavy atom. The zero-order valence-corrected chi connectivity index (χ0v) is 18.4. The highest BCUT2D eigenvalue weighted by Crippen LogP contribution is 2.21. The molecule has 0 saturated heterocycles. The van der Waals surface area contributed by atoms with E-state index in [0.717, 1.165) is 16.8 Å². The molecule has 0 saturated carbocycles. The van der Waals surface area contributed by atoms with Gasteiger partial charge in [0, 0.05) is 23.4 Å². The molecule has 1 atom stereocenters. The van der Waals surface area contributed by atoms with Crippen LogP contribution in [-0.2, 0) is 11.3 Å². The smallest absolute Gasteiger partial charge is 0.475 e. The van der Waals surface area contributed by atoms with Gasteiger partial charge in [-0.25, -0.2) is 9.48 Å². The number of aliphatic hydroxyl groups is 1. The molecule has 3 aromatic rings. The molecule has 1 unspecified atom stereocenters. The van der Waals surface area contributed by atoms with Gasteiger partial charge >= 0.3 is 12.1 Å². The minimum absolute atomic E-state index is 0.169. The predicted octanol–water partition coefficient (Wildman–Crippen LogP) is 2.72. The summed E-state index contributed by atoms with van der Waals surface area (Å²) in [5, 5.41) is 31.0. The molecule has 2 aromatic carbocycles. The minimum atomic E-state index is -5.08. The molecule has 12 heteroatoms.